The first-order chi connectivity index (χ1) is 42.2. The van der Waals surface area contributed by atoms with Gasteiger partial charge in [0.05, 0.1) is 26.4 Å². The van der Waals surface area contributed by atoms with Crippen molar-refractivity contribution in [2.24, 2.45) is 0 Å². The maximum Gasteiger partial charge on any atom is 0.472 e. The molecule has 0 aromatic heterocycles. The maximum absolute atomic E-state index is 12.9. The molecule has 0 aliphatic heterocycles. The van der Waals surface area contributed by atoms with E-state index in [1.807, 2.05) is 0 Å². The molecule has 500 valence electrons. The highest BCUT2D eigenvalue weighted by Crippen LogP contribution is 2.45. The van der Waals surface area contributed by atoms with Gasteiger partial charge in [0.15, 0.2) is 6.10 Å². The molecule has 0 aliphatic rings. The molecule has 0 rings (SSSR count). The lowest BCUT2D eigenvalue weighted by Gasteiger charge is -2.21. The van der Waals surface area contributed by atoms with Crippen molar-refractivity contribution in [1.29, 1.82) is 0 Å². The van der Waals surface area contributed by atoms with Crippen LogP contribution in [-0.4, -0.2) is 95.9 Å². The zero-order chi connectivity index (χ0) is 63.8. The summed E-state index contributed by atoms with van der Waals surface area (Å²) in [6.45, 7) is 2.38. The van der Waals surface area contributed by atoms with Gasteiger partial charge in [-0.2, -0.15) is 0 Å². The van der Waals surface area contributed by atoms with Crippen molar-refractivity contribution in [2.75, 3.05) is 39.6 Å². The first kappa shape index (κ1) is 83.2. The quantitative estimate of drug-likeness (QED) is 0.0146. The summed E-state index contributed by atoms with van der Waals surface area (Å²) in [5, 5.41) is 20.5. The minimum Gasteiger partial charge on any atom is -0.463 e. The minimum atomic E-state index is -4.93. The molecular weight excluding hydrogens is 1150 g/mol. The van der Waals surface area contributed by atoms with Gasteiger partial charge in [0.1, 0.15) is 25.4 Å². The molecule has 0 amide bonds. The Hall–Kier alpha value is -3.79. The number of hydrogen-bond donors (Lipinski definition) is 4. The molecule has 0 fully saturated rings. The molecule has 0 heterocycles. The Morgan fingerprint density at radius 2 is 0.609 bits per heavy atom. The van der Waals surface area contributed by atoms with Crippen LogP contribution >= 0.6 is 15.6 Å². The van der Waals surface area contributed by atoms with Gasteiger partial charge in [-0.25, -0.2) is 9.13 Å². The number of ether oxygens (including phenoxy) is 3. The van der Waals surface area contributed by atoms with Gasteiger partial charge in [-0.1, -0.05) is 239 Å². The number of aliphatic hydroxyl groups excluding tert-OH is 2. The SMILES string of the molecule is CC/C=C\C/C=C\C/C=C\C/C=C\C/C=C\CCCCCCCC(=O)OCC(O)COP(=O)(O)OCC(O)COP(=O)(O)OCC(COC(=O)CCCCCC/C=C\C/C=C\C/C=C\C/C=C\CC)OC(=O)CCCCCCCCCCCCCCC. The molecule has 4 N–H and O–H groups in total. The van der Waals surface area contributed by atoms with Crippen molar-refractivity contribution in [3.05, 3.63) is 109 Å². The summed E-state index contributed by atoms with van der Waals surface area (Å²) < 4.78 is 60.8. The van der Waals surface area contributed by atoms with Gasteiger partial charge in [-0.05, 0) is 103 Å². The third-order valence-electron chi connectivity index (χ3n) is 13.5. The van der Waals surface area contributed by atoms with Crippen LogP contribution in [0.5, 0.6) is 0 Å². The van der Waals surface area contributed by atoms with E-state index in [0.29, 0.717) is 19.3 Å². The number of hydrogen-bond acceptors (Lipinski definition) is 14. The Balaban J connectivity index is 4.66. The van der Waals surface area contributed by atoms with E-state index in [2.05, 4.69) is 130 Å². The number of carbonyl (C=O) groups excluding carboxylic acids is 3. The Bertz CT molecular complexity index is 2030. The highest BCUT2D eigenvalue weighted by molar-refractivity contribution is 7.47. The smallest absolute Gasteiger partial charge is 0.463 e. The molecule has 0 aromatic carbocycles. The lowest BCUT2D eigenvalue weighted by molar-refractivity contribution is -0.161. The third-order valence-corrected chi connectivity index (χ3v) is 15.4. The highest BCUT2D eigenvalue weighted by Gasteiger charge is 2.29. The molecule has 18 heteroatoms. The van der Waals surface area contributed by atoms with E-state index in [0.717, 1.165) is 141 Å². The fourth-order valence-corrected chi connectivity index (χ4v) is 10.1. The topological polar surface area (TPSA) is 231 Å². The predicted octanol–water partition coefficient (Wildman–Crippen LogP) is 18.1. The minimum absolute atomic E-state index is 0.0996. The summed E-state index contributed by atoms with van der Waals surface area (Å²) in [6.07, 6.45) is 68.5. The number of rotatable bonds is 62. The standard InChI is InChI=1S/C69H118O16P2/c1-4-7-10-13-16-19-22-25-27-29-30-31-32-34-36-38-40-43-46-49-52-55-67(72)79-58-64(70)59-81-86(75,76)82-60-65(71)61-83-87(77,78)84-63-66(85-69(74)57-54-51-48-45-42-37-24-21-18-15-12-9-6-3)62-80-68(73)56-53-50-47-44-41-39-35-33-28-26-23-20-17-14-11-8-5-2/h7-8,10-11,16-17,19-20,25-28,30-31,34-36,39,64-66,70-71H,4-6,9,12-15,18,21-24,29,32-33,37-38,40-63H2,1-3H3,(H,75,76)(H,77,78)/b10-7-,11-8-,19-16-,20-17-,27-25-,28-26-,31-30-,36-34-,39-35-. The van der Waals surface area contributed by atoms with Gasteiger partial charge in [0.2, 0.25) is 0 Å². The van der Waals surface area contributed by atoms with Crippen LogP contribution < -0.4 is 0 Å². The molecule has 87 heavy (non-hydrogen) atoms. The third kappa shape index (κ3) is 63.6. The van der Waals surface area contributed by atoms with Crippen LogP contribution in [0.3, 0.4) is 0 Å². The second kappa shape index (κ2) is 62.4. The van der Waals surface area contributed by atoms with Gasteiger partial charge in [-0.15, -0.1) is 0 Å². The van der Waals surface area contributed by atoms with Gasteiger partial charge < -0.3 is 34.2 Å². The molecule has 5 unspecified atom stereocenters. The van der Waals surface area contributed by atoms with Crippen molar-refractivity contribution in [3.8, 4) is 0 Å². The van der Waals surface area contributed by atoms with E-state index in [9.17, 15) is 43.5 Å². The number of allylic oxidation sites excluding steroid dienone is 18. The molecule has 0 radical (unpaired) electrons. The summed E-state index contributed by atoms with van der Waals surface area (Å²) in [6, 6.07) is 0. The number of phosphoric ester groups is 2. The van der Waals surface area contributed by atoms with Crippen LogP contribution in [0, 0.1) is 0 Å². The van der Waals surface area contributed by atoms with E-state index in [4.69, 9.17) is 32.3 Å². The van der Waals surface area contributed by atoms with Crippen molar-refractivity contribution in [2.45, 2.75) is 270 Å². The molecule has 16 nitrogen and oxygen atoms in total. The number of aliphatic hydroxyl groups is 2. The van der Waals surface area contributed by atoms with Crippen LogP contribution in [0.1, 0.15) is 252 Å². The second-order valence-corrected chi connectivity index (χ2v) is 24.8. The predicted molar refractivity (Wildman–Crippen MR) is 353 cm³/mol. The van der Waals surface area contributed by atoms with E-state index in [1.54, 1.807) is 0 Å². The average molecular weight is 1270 g/mol. The summed E-state index contributed by atoms with van der Waals surface area (Å²) in [4.78, 5) is 58.3. The lowest BCUT2D eigenvalue weighted by Crippen LogP contribution is -2.30. The van der Waals surface area contributed by atoms with Gasteiger partial charge >= 0.3 is 33.6 Å². The molecule has 0 aliphatic carbocycles. The molecular formula is C69H118O16P2. The van der Waals surface area contributed by atoms with E-state index >= 15 is 0 Å². The average Bonchev–Trinajstić information content (AvgIpc) is 3.69. The summed E-state index contributed by atoms with van der Waals surface area (Å²) in [5.41, 5.74) is 0. The van der Waals surface area contributed by atoms with E-state index < -0.39 is 91.5 Å². The first-order valence-electron chi connectivity index (χ1n) is 33.2. The highest BCUT2D eigenvalue weighted by atomic mass is 31.2. The second-order valence-electron chi connectivity index (χ2n) is 21.9. The van der Waals surface area contributed by atoms with Crippen LogP contribution in [-0.2, 0) is 55.8 Å². The Morgan fingerprint density at radius 1 is 0.333 bits per heavy atom. The fourth-order valence-electron chi connectivity index (χ4n) is 8.47. The monoisotopic (exact) mass is 1260 g/mol. The Morgan fingerprint density at radius 3 is 0.966 bits per heavy atom. The summed E-state index contributed by atoms with van der Waals surface area (Å²) in [5.74, 6) is -1.62. The summed E-state index contributed by atoms with van der Waals surface area (Å²) in [7, 11) is -9.78. The number of phosphoric acid groups is 2. The van der Waals surface area contributed by atoms with Crippen LogP contribution in [0.15, 0.2) is 109 Å². The maximum atomic E-state index is 12.9. The van der Waals surface area contributed by atoms with Crippen LogP contribution in [0.4, 0.5) is 0 Å². The Kier molecular flexibility index (Phi) is 59.7. The largest absolute Gasteiger partial charge is 0.472 e. The molecule has 0 spiro atoms. The zero-order valence-corrected chi connectivity index (χ0v) is 55.7. The Labute approximate surface area is 526 Å². The summed E-state index contributed by atoms with van der Waals surface area (Å²) >= 11 is 0. The van der Waals surface area contributed by atoms with E-state index in [1.165, 1.54) is 51.4 Å². The van der Waals surface area contributed by atoms with Crippen LogP contribution in [0.2, 0.25) is 0 Å². The van der Waals surface area contributed by atoms with Crippen LogP contribution in [0.25, 0.3) is 0 Å². The number of carbonyl (C=O) groups is 3. The lowest BCUT2D eigenvalue weighted by atomic mass is 10.0. The zero-order valence-electron chi connectivity index (χ0n) is 53.9. The molecule has 0 bridgehead atoms. The van der Waals surface area contributed by atoms with Gasteiger partial charge in [0, 0.05) is 19.3 Å². The van der Waals surface area contributed by atoms with Gasteiger partial charge in [-0.3, -0.25) is 32.5 Å². The van der Waals surface area contributed by atoms with Crippen molar-refractivity contribution < 1.29 is 75.8 Å². The van der Waals surface area contributed by atoms with Crippen molar-refractivity contribution in [1.82, 2.24) is 0 Å². The van der Waals surface area contributed by atoms with E-state index in [-0.39, 0.29) is 19.3 Å². The molecule has 5 atom stereocenters. The van der Waals surface area contributed by atoms with Crippen molar-refractivity contribution >= 4 is 33.6 Å². The normalized spacial score (nSPS) is 15.0. The fraction of sp³-hybridized carbons (Fsp3) is 0.696. The molecule has 0 saturated heterocycles. The molecule has 0 saturated carbocycles. The number of esters is 3. The number of unbranched alkanes of at least 4 members (excludes halogenated alkanes) is 21. The first-order valence-corrected chi connectivity index (χ1v) is 36.2. The molecule has 0 aromatic rings. The van der Waals surface area contributed by atoms with Gasteiger partial charge in [0.25, 0.3) is 0 Å². The van der Waals surface area contributed by atoms with Crippen molar-refractivity contribution in [3.63, 3.8) is 0 Å².